The molecule has 3 nitrogen and oxygen atoms in total. The first-order chi connectivity index (χ1) is 9.48. The molecule has 1 heterocycles. The maximum atomic E-state index is 12.7. The Morgan fingerprint density at radius 2 is 2.00 bits per heavy atom. The van der Waals surface area contributed by atoms with Crippen molar-refractivity contribution in [2.24, 2.45) is 5.92 Å². The molecule has 0 N–H and O–H groups in total. The van der Waals surface area contributed by atoms with E-state index in [9.17, 15) is 8.42 Å². The number of hydrogen-bond acceptors (Lipinski definition) is 2. The second-order valence-electron chi connectivity index (χ2n) is 5.15. The second-order valence-corrected chi connectivity index (χ2v) is 8.18. The molecule has 1 aliphatic heterocycles. The number of rotatable bonds is 4. The Labute approximate surface area is 134 Å². The van der Waals surface area contributed by atoms with E-state index in [0.29, 0.717) is 34.3 Å². The Kier molecular flexibility index (Phi) is 5.51. The van der Waals surface area contributed by atoms with Crippen molar-refractivity contribution in [3.8, 4) is 0 Å². The molecule has 1 fully saturated rings. The lowest BCUT2D eigenvalue weighted by Gasteiger charge is -2.31. The molecular weight excluding hydrogens is 362 g/mol. The van der Waals surface area contributed by atoms with Crippen molar-refractivity contribution in [2.75, 3.05) is 13.1 Å². The molecule has 1 aromatic carbocycles. The summed E-state index contributed by atoms with van der Waals surface area (Å²) in [4.78, 5) is 0.325. The summed E-state index contributed by atoms with van der Waals surface area (Å²) in [6, 6.07) is 5.25. The molecule has 112 valence electrons. The Morgan fingerprint density at radius 1 is 1.35 bits per heavy atom. The van der Waals surface area contributed by atoms with E-state index in [1.54, 1.807) is 16.4 Å². The van der Waals surface area contributed by atoms with Crippen LogP contribution in [0.3, 0.4) is 0 Å². The van der Waals surface area contributed by atoms with Gasteiger partial charge in [-0.25, -0.2) is 8.42 Å². The maximum Gasteiger partial charge on any atom is 0.244 e. The largest absolute Gasteiger partial charge is 0.244 e. The van der Waals surface area contributed by atoms with E-state index >= 15 is 0 Å². The standard InChI is InChI=1S/C14H19BrClNO2S/c1-2-11-5-7-17(8-6-11)20(18,19)14-9-12(10-16)3-4-13(14)15/h3-4,9,11H,2,5-8,10H2,1H3. The van der Waals surface area contributed by atoms with Crippen molar-refractivity contribution >= 4 is 37.6 Å². The summed E-state index contributed by atoms with van der Waals surface area (Å²) in [7, 11) is -3.43. The highest BCUT2D eigenvalue weighted by atomic mass is 79.9. The zero-order chi connectivity index (χ0) is 14.8. The fourth-order valence-electron chi connectivity index (χ4n) is 2.53. The number of sulfonamides is 1. The Bertz CT molecular complexity index is 569. The highest BCUT2D eigenvalue weighted by Gasteiger charge is 2.30. The van der Waals surface area contributed by atoms with Crippen molar-refractivity contribution in [3.63, 3.8) is 0 Å². The van der Waals surface area contributed by atoms with Crippen LogP contribution in [0.4, 0.5) is 0 Å². The summed E-state index contributed by atoms with van der Waals surface area (Å²) in [6.07, 6.45) is 3.02. The molecule has 0 bridgehead atoms. The average molecular weight is 381 g/mol. The van der Waals surface area contributed by atoms with Gasteiger partial charge in [-0.3, -0.25) is 0 Å². The zero-order valence-corrected chi connectivity index (χ0v) is 14.6. The summed E-state index contributed by atoms with van der Waals surface area (Å²) in [5.74, 6) is 0.965. The molecule has 0 saturated carbocycles. The number of piperidine rings is 1. The third kappa shape index (κ3) is 3.38. The molecule has 6 heteroatoms. The van der Waals surface area contributed by atoms with Gasteiger partial charge in [-0.1, -0.05) is 19.4 Å². The first-order valence-corrected chi connectivity index (χ1v) is 9.60. The van der Waals surface area contributed by atoms with Gasteiger partial charge in [-0.2, -0.15) is 4.31 Å². The lowest BCUT2D eigenvalue weighted by molar-refractivity contribution is 0.269. The maximum absolute atomic E-state index is 12.7. The molecule has 0 amide bonds. The third-order valence-corrected chi connectivity index (χ3v) is 7.12. The number of hydrogen-bond donors (Lipinski definition) is 0. The van der Waals surface area contributed by atoms with Gasteiger partial charge in [0.05, 0.1) is 4.90 Å². The molecule has 0 unspecified atom stereocenters. The molecule has 1 aromatic rings. The SMILES string of the molecule is CCC1CCN(S(=O)(=O)c2cc(CCl)ccc2Br)CC1. The number of halogens is 2. The molecule has 0 atom stereocenters. The normalized spacial score (nSPS) is 18.4. The van der Waals surface area contributed by atoms with Gasteiger partial charge in [0.1, 0.15) is 0 Å². The van der Waals surface area contributed by atoms with Crippen LogP contribution in [0.5, 0.6) is 0 Å². The van der Waals surface area contributed by atoms with Crippen LogP contribution in [0.25, 0.3) is 0 Å². The molecule has 20 heavy (non-hydrogen) atoms. The van der Waals surface area contributed by atoms with Gasteiger partial charge in [0.2, 0.25) is 10.0 Å². The van der Waals surface area contributed by atoms with E-state index in [1.165, 1.54) is 0 Å². The predicted molar refractivity (Wildman–Crippen MR) is 85.5 cm³/mol. The lowest BCUT2D eigenvalue weighted by Crippen LogP contribution is -2.38. The van der Waals surface area contributed by atoms with Gasteiger partial charge >= 0.3 is 0 Å². The van der Waals surface area contributed by atoms with E-state index in [4.69, 9.17) is 11.6 Å². The van der Waals surface area contributed by atoms with Crippen molar-refractivity contribution in [1.29, 1.82) is 0 Å². The fraction of sp³-hybridized carbons (Fsp3) is 0.571. The van der Waals surface area contributed by atoms with E-state index in [0.717, 1.165) is 24.8 Å². The summed E-state index contributed by atoms with van der Waals surface area (Å²) < 4.78 is 27.6. The number of alkyl halides is 1. The quantitative estimate of drug-likeness (QED) is 0.740. The minimum absolute atomic E-state index is 0.313. The van der Waals surface area contributed by atoms with Gasteiger partial charge in [0, 0.05) is 23.4 Å². The summed E-state index contributed by atoms with van der Waals surface area (Å²) in [5, 5.41) is 0. The molecule has 1 aliphatic rings. The van der Waals surface area contributed by atoms with Crippen LogP contribution in [0.1, 0.15) is 31.7 Å². The molecular formula is C14H19BrClNO2S. The van der Waals surface area contributed by atoms with Crippen molar-refractivity contribution in [2.45, 2.75) is 37.0 Å². The van der Waals surface area contributed by atoms with Crippen LogP contribution in [-0.2, 0) is 15.9 Å². The molecule has 0 aliphatic carbocycles. The van der Waals surface area contributed by atoms with Crippen LogP contribution in [-0.4, -0.2) is 25.8 Å². The summed E-state index contributed by atoms with van der Waals surface area (Å²) in [6.45, 7) is 3.38. The summed E-state index contributed by atoms with van der Waals surface area (Å²) >= 11 is 9.14. The van der Waals surface area contributed by atoms with Crippen LogP contribution >= 0.6 is 27.5 Å². The average Bonchev–Trinajstić information content (AvgIpc) is 2.47. The molecule has 0 spiro atoms. The summed E-state index contributed by atoms with van der Waals surface area (Å²) in [5.41, 5.74) is 0.817. The first kappa shape index (κ1) is 16.3. The predicted octanol–water partition coefficient (Wildman–Crippen LogP) is 4.00. The number of nitrogens with zero attached hydrogens (tertiary/aromatic N) is 1. The Hall–Kier alpha value is -0.100. The van der Waals surface area contributed by atoms with E-state index in [-0.39, 0.29) is 0 Å². The van der Waals surface area contributed by atoms with E-state index < -0.39 is 10.0 Å². The first-order valence-electron chi connectivity index (χ1n) is 6.83. The highest BCUT2D eigenvalue weighted by molar-refractivity contribution is 9.10. The Morgan fingerprint density at radius 3 is 2.55 bits per heavy atom. The Balaban J connectivity index is 2.27. The minimum Gasteiger partial charge on any atom is -0.207 e. The van der Waals surface area contributed by atoms with Crippen molar-refractivity contribution in [3.05, 3.63) is 28.2 Å². The molecule has 1 saturated heterocycles. The van der Waals surface area contributed by atoms with Crippen molar-refractivity contribution < 1.29 is 8.42 Å². The van der Waals surface area contributed by atoms with Gasteiger partial charge in [0.15, 0.2) is 0 Å². The van der Waals surface area contributed by atoms with Gasteiger partial charge in [-0.15, -0.1) is 11.6 Å². The zero-order valence-electron chi connectivity index (χ0n) is 11.5. The minimum atomic E-state index is -3.43. The monoisotopic (exact) mass is 379 g/mol. The third-order valence-electron chi connectivity index (χ3n) is 3.92. The molecule has 0 aromatic heterocycles. The van der Waals surface area contributed by atoms with Crippen LogP contribution in [0.15, 0.2) is 27.6 Å². The van der Waals surface area contributed by atoms with E-state index in [2.05, 4.69) is 22.9 Å². The van der Waals surface area contributed by atoms with Crippen LogP contribution in [0.2, 0.25) is 0 Å². The molecule has 0 radical (unpaired) electrons. The second kappa shape index (κ2) is 6.77. The smallest absolute Gasteiger partial charge is 0.207 e. The molecule has 2 rings (SSSR count). The van der Waals surface area contributed by atoms with Gasteiger partial charge < -0.3 is 0 Å². The van der Waals surface area contributed by atoms with Crippen LogP contribution in [0, 0.1) is 5.92 Å². The van der Waals surface area contributed by atoms with Crippen molar-refractivity contribution in [1.82, 2.24) is 4.31 Å². The van der Waals surface area contributed by atoms with E-state index in [1.807, 2.05) is 6.07 Å². The van der Waals surface area contributed by atoms with Crippen LogP contribution < -0.4 is 0 Å². The number of benzene rings is 1. The lowest BCUT2D eigenvalue weighted by atomic mass is 9.96. The van der Waals surface area contributed by atoms with Gasteiger partial charge in [-0.05, 0) is 52.4 Å². The topological polar surface area (TPSA) is 37.4 Å². The fourth-order valence-corrected chi connectivity index (χ4v) is 5.14. The highest BCUT2D eigenvalue weighted by Crippen LogP contribution is 2.30. The van der Waals surface area contributed by atoms with Gasteiger partial charge in [0.25, 0.3) is 0 Å².